The Hall–Kier alpha value is -2.48. The molecule has 1 atom stereocenters. The number of anilines is 2. The lowest BCUT2D eigenvalue weighted by molar-refractivity contribution is -0.133. The molecule has 0 saturated carbocycles. The summed E-state index contributed by atoms with van der Waals surface area (Å²) in [5.41, 5.74) is -0.115. The third kappa shape index (κ3) is 4.63. The number of Topliss-reactive ketones (excluding diaryl/α,β-unsaturated/α-hetero) is 1. The summed E-state index contributed by atoms with van der Waals surface area (Å²) in [6.45, 7) is 2.37. The van der Waals surface area contributed by atoms with Crippen molar-refractivity contribution >= 4 is 29.0 Å². The number of halogens is 1. The molecule has 1 aromatic rings. The number of ketones is 1. The first kappa shape index (κ1) is 19.3. The lowest BCUT2D eigenvalue weighted by Gasteiger charge is -2.39. The first-order valence-electron chi connectivity index (χ1n) is 9.12. The third-order valence-electron chi connectivity index (χ3n) is 5.14. The zero-order chi connectivity index (χ0) is 19.6. The van der Waals surface area contributed by atoms with Crippen LogP contribution >= 0.6 is 0 Å². The van der Waals surface area contributed by atoms with Crippen LogP contribution in [0.3, 0.4) is 0 Å². The van der Waals surface area contributed by atoms with Crippen LogP contribution in [0.25, 0.3) is 0 Å². The molecule has 0 spiro atoms. The van der Waals surface area contributed by atoms with E-state index in [1.807, 2.05) is 4.90 Å². The maximum Gasteiger partial charge on any atom is 0.249 e. The van der Waals surface area contributed by atoms with Crippen molar-refractivity contribution in [2.75, 3.05) is 23.3 Å². The van der Waals surface area contributed by atoms with Crippen LogP contribution < -0.4 is 15.5 Å². The highest BCUT2D eigenvalue weighted by Gasteiger charge is 2.34. The first-order chi connectivity index (χ1) is 12.8. The highest BCUT2D eigenvalue weighted by molar-refractivity contribution is 6.01. The van der Waals surface area contributed by atoms with Gasteiger partial charge in [0.2, 0.25) is 11.8 Å². The van der Waals surface area contributed by atoms with Crippen molar-refractivity contribution in [1.29, 1.82) is 0 Å². The normalized spacial score (nSPS) is 22.3. The molecule has 2 aliphatic heterocycles. The Bertz CT molecular complexity index is 759. The summed E-state index contributed by atoms with van der Waals surface area (Å²) < 4.78 is 14.6. The van der Waals surface area contributed by atoms with Crippen molar-refractivity contribution in [2.24, 2.45) is 0 Å². The number of carbonyl (C=O) groups is 3. The van der Waals surface area contributed by atoms with Gasteiger partial charge in [0.05, 0.1) is 11.3 Å². The van der Waals surface area contributed by atoms with Crippen molar-refractivity contribution < 1.29 is 23.9 Å². The molecule has 0 aliphatic carbocycles. The van der Waals surface area contributed by atoms with Gasteiger partial charge in [-0.05, 0) is 44.4 Å². The van der Waals surface area contributed by atoms with Crippen molar-refractivity contribution in [3.63, 3.8) is 0 Å². The SMILES string of the molecule is CC(=O)CC1(O)CCN(c2ccc(N[C@H]3CCC(=O)NC3=O)cc2F)CC1. The van der Waals surface area contributed by atoms with Gasteiger partial charge >= 0.3 is 0 Å². The zero-order valence-electron chi connectivity index (χ0n) is 15.3. The molecule has 3 rings (SSSR count). The molecule has 0 unspecified atom stereocenters. The fourth-order valence-electron chi connectivity index (χ4n) is 3.69. The van der Waals surface area contributed by atoms with Gasteiger partial charge in [-0.2, -0.15) is 0 Å². The van der Waals surface area contributed by atoms with Crippen LogP contribution in [0.2, 0.25) is 0 Å². The van der Waals surface area contributed by atoms with E-state index in [0.717, 1.165) is 0 Å². The van der Waals surface area contributed by atoms with E-state index in [-0.39, 0.29) is 24.5 Å². The largest absolute Gasteiger partial charge is 0.389 e. The summed E-state index contributed by atoms with van der Waals surface area (Å²) in [4.78, 5) is 36.1. The van der Waals surface area contributed by atoms with Crippen molar-refractivity contribution in [3.8, 4) is 0 Å². The topological polar surface area (TPSA) is 98.7 Å². The van der Waals surface area contributed by atoms with Gasteiger partial charge in [-0.25, -0.2) is 4.39 Å². The number of benzene rings is 1. The van der Waals surface area contributed by atoms with E-state index in [9.17, 15) is 23.9 Å². The van der Waals surface area contributed by atoms with E-state index in [1.54, 1.807) is 12.1 Å². The molecule has 2 saturated heterocycles. The summed E-state index contributed by atoms with van der Waals surface area (Å²) in [6.07, 6.45) is 1.55. The van der Waals surface area contributed by atoms with E-state index in [2.05, 4.69) is 10.6 Å². The number of nitrogens with zero attached hydrogens (tertiary/aromatic N) is 1. The Kier molecular flexibility index (Phi) is 5.46. The molecule has 2 fully saturated rings. The molecule has 0 radical (unpaired) electrons. The number of carbonyl (C=O) groups excluding carboxylic acids is 3. The standard InChI is InChI=1S/C19H24FN3O4/c1-12(24)11-19(27)6-8-23(9-7-19)16-4-2-13(10-14(16)20)21-15-3-5-17(25)22-18(15)26/h2,4,10,15,21,27H,3,5-9,11H2,1H3,(H,22,25,26)/t15-/m0/s1. The maximum absolute atomic E-state index is 14.6. The number of hydrogen-bond acceptors (Lipinski definition) is 6. The van der Waals surface area contributed by atoms with Gasteiger partial charge in [0, 0.05) is 31.6 Å². The Labute approximate surface area is 156 Å². The molecule has 2 aliphatic rings. The molecule has 1 aromatic carbocycles. The fraction of sp³-hybridized carbons (Fsp3) is 0.526. The van der Waals surface area contributed by atoms with Gasteiger partial charge in [0.1, 0.15) is 17.6 Å². The van der Waals surface area contributed by atoms with Crippen LogP contribution in [0.15, 0.2) is 18.2 Å². The molecule has 2 amide bonds. The predicted molar refractivity (Wildman–Crippen MR) is 97.9 cm³/mol. The van der Waals surface area contributed by atoms with Gasteiger partial charge < -0.3 is 15.3 Å². The predicted octanol–water partition coefficient (Wildman–Crippen LogP) is 1.35. The van der Waals surface area contributed by atoms with E-state index in [0.29, 0.717) is 43.7 Å². The number of hydrogen-bond donors (Lipinski definition) is 3. The van der Waals surface area contributed by atoms with E-state index in [4.69, 9.17) is 0 Å². The number of piperidine rings is 2. The van der Waals surface area contributed by atoms with E-state index < -0.39 is 23.4 Å². The highest BCUT2D eigenvalue weighted by atomic mass is 19.1. The molecular formula is C19H24FN3O4. The second kappa shape index (κ2) is 7.64. The van der Waals surface area contributed by atoms with Gasteiger partial charge in [-0.1, -0.05) is 0 Å². The van der Waals surface area contributed by atoms with E-state index in [1.165, 1.54) is 13.0 Å². The summed E-state index contributed by atoms with van der Waals surface area (Å²) in [7, 11) is 0. The molecule has 146 valence electrons. The van der Waals surface area contributed by atoms with Crippen molar-refractivity contribution in [3.05, 3.63) is 24.0 Å². The summed E-state index contributed by atoms with van der Waals surface area (Å²) in [5, 5.41) is 15.6. The molecule has 27 heavy (non-hydrogen) atoms. The minimum absolute atomic E-state index is 0.0546. The van der Waals surface area contributed by atoms with Crippen LogP contribution in [0, 0.1) is 5.82 Å². The molecule has 0 bridgehead atoms. The zero-order valence-corrected chi connectivity index (χ0v) is 15.3. The Balaban J connectivity index is 1.63. The Morgan fingerprint density at radius 3 is 2.67 bits per heavy atom. The van der Waals surface area contributed by atoms with Gasteiger partial charge in [-0.3, -0.25) is 19.7 Å². The second-order valence-corrected chi connectivity index (χ2v) is 7.40. The van der Waals surface area contributed by atoms with Crippen molar-refractivity contribution in [2.45, 2.75) is 50.7 Å². The number of rotatable bonds is 5. The van der Waals surface area contributed by atoms with Crippen LogP contribution in [-0.4, -0.2) is 47.4 Å². The third-order valence-corrected chi connectivity index (χ3v) is 5.14. The maximum atomic E-state index is 14.6. The minimum atomic E-state index is -1.01. The van der Waals surface area contributed by atoms with Crippen LogP contribution in [-0.2, 0) is 14.4 Å². The summed E-state index contributed by atoms with van der Waals surface area (Å²) in [6, 6.07) is 4.09. The molecular weight excluding hydrogens is 353 g/mol. The Morgan fingerprint density at radius 2 is 2.07 bits per heavy atom. The quantitative estimate of drug-likeness (QED) is 0.670. The average Bonchev–Trinajstić information content (AvgIpc) is 2.58. The molecule has 3 N–H and O–H groups in total. The summed E-state index contributed by atoms with van der Waals surface area (Å²) >= 11 is 0. The van der Waals surface area contributed by atoms with Crippen LogP contribution in [0.4, 0.5) is 15.8 Å². The van der Waals surface area contributed by atoms with Gasteiger partial charge in [0.15, 0.2) is 0 Å². The number of nitrogens with one attached hydrogen (secondary N) is 2. The number of aliphatic hydroxyl groups is 1. The summed E-state index contributed by atoms with van der Waals surface area (Å²) in [5.74, 6) is -1.18. The monoisotopic (exact) mass is 377 g/mol. The molecule has 7 nitrogen and oxygen atoms in total. The van der Waals surface area contributed by atoms with Crippen LogP contribution in [0.5, 0.6) is 0 Å². The van der Waals surface area contributed by atoms with Gasteiger partial charge in [-0.15, -0.1) is 0 Å². The molecule has 8 heteroatoms. The molecule has 2 heterocycles. The van der Waals surface area contributed by atoms with Gasteiger partial charge in [0.25, 0.3) is 0 Å². The average molecular weight is 377 g/mol. The van der Waals surface area contributed by atoms with Crippen LogP contribution in [0.1, 0.15) is 39.0 Å². The number of amides is 2. The fourth-order valence-corrected chi connectivity index (χ4v) is 3.69. The molecule has 0 aromatic heterocycles. The Morgan fingerprint density at radius 1 is 1.37 bits per heavy atom. The lowest BCUT2D eigenvalue weighted by atomic mass is 9.86. The minimum Gasteiger partial charge on any atom is -0.389 e. The first-order valence-corrected chi connectivity index (χ1v) is 9.12. The second-order valence-electron chi connectivity index (χ2n) is 7.40. The van der Waals surface area contributed by atoms with E-state index >= 15 is 0 Å². The highest BCUT2D eigenvalue weighted by Crippen LogP contribution is 2.31. The smallest absolute Gasteiger partial charge is 0.249 e. The van der Waals surface area contributed by atoms with Crippen molar-refractivity contribution in [1.82, 2.24) is 5.32 Å². The number of imide groups is 1. The lowest BCUT2D eigenvalue weighted by Crippen LogP contribution is -2.47.